The highest BCUT2D eigenvalue weighted by atomic mass is 16.5. The highest BCUT2D eigenvalue weighted by Crippen LogP contribution is 2.30. The molecule has 0 spiro atoms. The summed E-state index contributed by atoms with van der Waals surface area (Å²) in [5.74, 6) is 1.05. The van der Waals surface area contributed by atoms with Crippen molar-refractivity contribution < 1.29 is 19.0 Å². The summed E-state index contributed by atoms with van der Waals surface area (Å²) in [4.78, 5) is 11.9. The lowest BCUT2D eigenvalue weighted by Crippen LogP contribution is -2.10. The lowest BCUT2D eigenvalue weighted by atomic mass is 10.0. The Labute approximate surface area is 107 Å². The van der Waals surface area contributed by atoms with E-state index in [1.54, 1.807) is 25.3 Å². The van der Waals surface area contributed by atoms with Gasteiger partial charge in [-0.25, -0.2) is 0 Å². The van der Waals surface area contributed by atoms with Crippen LogP contribution in [0.15, 0.2) is 24.8 Å². The van der Waals surface area contributed by atoms with Crippen LogP contribution in [0, 0.1) is 0 Å². The molecule has 0 N–H and O–H groups in total. The van der Waals surface area contributed by atoms with E-state index in [1.165, 1.54) is 14.2 Å². The number of hydrogen-bond donors (Lipinski definition) is 0. The van der Waals surface area contributed by atoms with Crippen LogP contribution in [0.4, 0.5) is 0 Å². The molecule has 98 valence electrons. The molecule has 0 fully saturated rings. The highest BCUT2D eigenvalue weighted by molar-refractivity contribution is 6.00. The van der Waals surface area contributed by atoms with Crippen LogP contribution in [0.25, 0.3) is 0 Å². The second-order valence-electron chi connectivity index (χ2n) is 3.71. The topological polar surface area (TPSA) is 44.8 Å². The zero-order valence-corrected chi connectivity index (χ0v) is 11.0. The molecule has 0 unspecified atom stereocenters. The van der Waals surface area contributed by atoms with E-state index in [2.05, 4.69) is 6.58 Å². The van der Waals surface area contributed by atoms with Crippen LogP contribution in [0.3, 0.4) is 0 Å². The van der Waals surface area contributed by atoms with E-state index in [1.807, 2.05) is 0 Å². The maximum Gasteiger partial charge on any atom is 0.192 e. The molecule has 1 aromatic rings. The molecule has 0 aliphatic carbocycles. The van der Waals surface area contributed by atoms with Crippen molar-refractivity contribution in [1.82, 2.24) is 0 Å². The summed E-state index contributed by atoms with van der Waals surface area (Å²) < 4.78 is 15.3. The number of Topliss-reactive ketones (excluding diaryl/α,β-unsaturated/α-hetero) is 1. The average molecular weight is 250 g/mol. The predicted molar refractivity (Wildman–Crippen MR) is 69.7 cm³/mol. The molecule has 0 atom stereocenters. The van der Waals surface area contributed by atoms with E-state index in [9.17, 15) is 4.79 Å². The highest BCUT2D eigenvalue weighted by Gasteiger charge is 2.16. The van der Waals surface area contributed by atoms with Gasteiger partial charge in [-0.2, -0.15) is 0 Å². The Morgan fingerprint density at radius 1 is 1.22 bits per heavy atom. The monoisotopic (exact) mass is 250 g/mol. The number of ketones is 1. The third-order valence-electron chi connectivity index (χ3n) is 2.54. The van der Waals surface area contributed by atoms with E-state index in [0.29, 0.717) is 23.5 Å². The number of methoxy groups -OCH3 is 3. The number of rotatable bonds is 7. The van der Waals surface area contributed by atoms with Crippen LogP contribution in [0.5, 0.6) is 11.5 Å². The molecule has 4 heteroatoms. The first-order valence-corrected chi connectivity index (χ1v) is 5.55. The Bertz CT molecular complexity index is 438. The minimum Gasteiger partial charge on any atom is -0.496 e. The average Bonchev–Trinajstić information content (AvgIpc) is 2.38. The molecule has 0 amide bonds. The second-order valence-corrected chi connectivity index (χ2v) is 3.71. The van der Waals surface area contributed by atoms with Crippen molar-refractivity contribution in [1.29, 1.82) is 0 Å². The van der Waals surface area contributed by atoms with Crippen LogP contribution in [-0.4, -0.2) is 33.7 Å². The summed E-state index contributed by atoms with van der Waals surface area (Å²) in [5.41, 5.74) is 1.39. The van der Waals surface area contributed by atoms with E-state index < -0.39 is 0 Å². The number of allylic oxidation sites excluding steroid dienone is 1. The Kier molecular flexibility index (Phi) is 5.39. The van der Waals surface area contributed by atoms with Crippen LogP contribution >= 0.6 is 0 Å². The molecule has 0 saturated carbocycles. The summed E-state index contributed by atoms with van der Waals surface area (Å²) in [6.45, 7) is 3.71. The van der Waals surface area contributed by atoms with Gasteiger partial charge in [0.15, 0.2) is 5.78 Å². The quantitative estimate of drug-likeness (QED) is 0.550. The molecule has 4 nitrogen and oxygen atoms in total. The second kappa shape index (κ2) is 6.81. The van der Waals surface area contributed by atoms with Crippen molar-refractivity contribution in [3.8, 4) is 11.5 Å². The number of ether oxygens (including phenoxy) is 3. The molecule has 1 rings (SSSR count). The molecule has 0 saturated heterocycles. The molecule has 0 aliphatic heterocycles. The van der Waals surface area contributed by atoms with Crippen molar-refractivity contribution in [2.75, 3.05) is 27.9 Å². The predicted octanol–water partition coefficient (Wildman–Crippen LogP) is 2.26. The van der Waals surface area contributed by atoms with E-state index >= 15 is 0 Å². The smallest absolute Gasteiger partial charge is 0.192 e. The van der Waals surface area contributed by atoms with Crippen molar-refractivity contribution in [3.63, 3.8) is 0 Å². The largest absolute Gasteiger partial charge is 0.496 e. The van der Waals surface area contributed by atoms with Gasteiger partial charge < -0.3 is 14.2 Å². The molecule has 0 aromatic heterocycles. The van der Waals surface area contributed by atoms with Gasteiger partial charge in [0.1, 0.15) is 18.1 Å². The van der Waals surface area contributed by atoms with Crippen LogP contribution in [0.1, 0.15) is 15.9 Å². The molecule has 1 aromatic carbocycles. The summed E-state index contributed by atoms with van der Waals surface area (Å²) in [6.07, 6.45) is 2.38. The minimum absolute atomic E-state index is 0.0240. The molecule has 0 heterocycles. The van der Waals surface area contributed by atoms with Gasteiger partial charge in [0.05, 0.1) is 19.8 Å². The lowest BCUT2D eigenvalue weighted by Gasteiger charge is -2.13. The van der Waals surface area contributed by atoms with Crippen molar-refractivity contribution >= 4 is 5.78 Å². The molecular formula is C14H18O4. The first-order valence-electron chi connectivity index (χ1n) is 5.55. The first kappa shape index (κ1) is 14.3. The van der Waals surface area contributed by atoms with Crippen molar-refractivity contribution in [3.05, 3.63) is 35.9 Å². The maximum absolute atomic E-state index is 11.9. The fourth-order valence-corrected chi connectivity index (χ4v) is 1.71. The van der Waals surface area contributed by atoms with Gasteiger partial charge in [-0.3, -0.25) is 4.79 Å². The maximum atomic E-state index is 11.9. The molecule has 0 aliphatic rings. The molecular weight excluding hydrogens is 232 g/mol. The number of carbonyl (C=O) groups excluding carboxylic acids is 1. The fourth-order valence-electron chi connectivity index (χ4n) is 1.71. The SMILES string of the molecule is C=CCc1cc(C(=O)COC)c(OC)cc1OC. The normalized spacial score (nSPS) is 9.94. The van der Waals surface area contributed by atoms with E-state index in [4.69, 9.17) is 14.2 Å². The zero-order valence-electron chi connectivity index (χ0n) is 11.0. The minimum atomic E-state index is -0.123. The van der Waals surface area contributed by atoms with Crippen LogP contribution in [0.2, 0.25) is 0 Å². The van der Waals surface area contributed by atoms with E-state index in [0.717, 1.165) is 5.56 Å². The van der Waals surface area contributed by atoms with Gasteiger partial charge in [0.25, 0.3) is 0 Å². The number of hydrogen-bond acceptors (Lipinski definition) is 4. The Hall–Kier alpha value is -1.81. The number of benzene rings is 1. The third kappa shape index (κ3) is 3.11. The summed E-state index contributed by atoms with van der Waals surface area (Å²) in [5, 5.41) is 0. The van der Waals surface area contributed by atoms with Crippen molar-refractivity contribution in [2.45, 2.75) is 6.42 Å². The van der Waals surface area contributed by atoms with Crippen molar-refractivity contribution in [2.24, 2.45) is 0 Å². The molecule has 0 radical (unpaired) electrons. The standard InChI is InChI=1S/C14H18O4/c1-5-6-10-7-11(12(15)9-16-2)14(18-4)8-13(10)17-3/h5,7-8H,1,6,9H2,2-4H3. The van der Waals surface area contributed by atoms with Gasteiger partial charge in [-0.1, -0.05) is 6.08 Å². The van der Waals surface area contributed by atoms with Gasteiger partial charge in [-0.15, -0.1) is 6.58 Å². The first-order chi connectivity index (χ1) is 8.67. The summed E-state index contributed by atoms with van der Waals surface area (Å²) in [7, 11) is 4.59. The Morgan fingerprint density at radius 3 is 2.39 bits per heavy atom. The zero-order chi connectivity index (χ0) is 13.5. The fraction of sp³-hybridized carbons (Fsp3) is 0.357. The molecule has 18 heavy (non-hydrogen) atoms. The van der Waals surface area contributed by atoms with Crippen LogP contribution in [-0.2, 0) is 11.2 Å². The summed E-state index contributed by atoms with van der Waals surface area (Å²) >= 11 is 0. The molecule has 0 bridgehead atoms. The Balaban J connectivity index is 3.26. The van der Waals surface area contributed by atoms with E-state index in [-0.39, 0.29) is 12.4 Å². The third-order valence-corrected chi connectivity index (χ3v) is 2.54. The van der Waals surface area contributed by atoms with Gasteiger partial charge >= 0.3 is 0 Å². The number of carbonyl (C=O) groups is 1. The summed E-state index contributed by atoms with van der Waals surface area (Å²) in [6, 6.07) is 3.47. The lowest BCUT2D eigenvalue weighted by molar-refractivity contribution is 0.0845. The van der Waals surface area contributed by atoms with Gasteiger partial charge in [-0.05, 0) is 18.1 Å². The van der Waals surface area contributed by atoms with Gasteiger partial charge in [0, 0.05) is 13.2 Å². The van der Waals surface area contributed by atoms with Crippen LogP contribution < -0.4 is 9.47 Å². The Morgan fingerprint density at radius 2 is 1.89 bits per heavy atom. The van der Waals surface area contributed by atoms with Gasteiger partial charge in [0.2, 0.25) is 0 Å².